The van der Waals surface area contributed by atoms with Crippen molar-refractivity contribution in [2.24, 2.45) is 0 Å². The van der Waals surface area contributed by atoms with Gasteiger partial charge < -0.3 is 4.74 Å². The number of halogens is 1. The maximum absolute atomic E-state index is 12.2. The average Bonchev–Trinajstić information content (AvgIpc) is 2.83. The van der Waals surface area contributed by atoms with Crippen LogP contribution >= 0.6 is 27.3 Å². The largest absolute Gasteiger partial charge is 0.377 e. The van der Waals surface area contributed by atoms with Crippen LogP contribution in [0.5, 0.6) is 0 Å². The Morgan fingerprint density at radius 2 is 2.42 bits per heavy atom. The van der Waals surface area contributed by atoms with Crippen LogP contribution in [0.1, 0.15) is 35.9 Å². The second-order valence-corrected chi connectivity index (χ2v) is 7.36. The van der Waals surface area contributed by atoms with Crippen LogP contribution in [0.3, 0.4) is 0 Å². The lowest BCUT2D eigenvalue weighted by Crippen LogP contribution is -2.42. The van der Waals surface area contributed by atoms with Crippen molar-refractivity contribution in [3.05, 3.63) is 20.8 Å². The molecule has 1 aliphatic rings. The van der Waals surface area contributed by atoms with Gasteiger partial charge in [-0.15, -0.1) is 11.3 Å². The number of ether oxygens (including phenoxy) is 1. The normalized spacial score (nSPS) is 20.6. The lowest BCUT2D eigenvalue weighted by Gasteiger charge is -2.31. The average molecular weight is 346 g/mol. The first-order valence-corrected chi connectivity index (χ1v) is 8.42. The highest BCUT2D eigenvalue weighted by Gasteiger charge is 2.22. The Morgan fingerprint density at radius 3 is 3.11 bits per heavy atom. The van der Waals surface area contributed by atoms with Crippen LogP contribution in [-0.2, 0) is 4.74 Å². The van der Waals surface area contributed by atoms with E-state index in [1.54, 1.807) is 0 Å². The van der Waals surface area contributed by atoms with Gasteiger partial charge in [0.1, 0.15) is 0 Å². The summed E-state index contributed by atoms with van der Waals surface area (Å²) in [6.07, 6.45) is 3.60. The van der Waals surface area contributed by atoms with E-state index < -0.39 is 0 Å². The molecule has 106 valence electrons. The van der Waals surface area contributed by atoms with Gasteiger partial charge in [-0.25, -0.2) is 0 Å². The molecule has 0 amide bonds. The highest BCUT2D eigenvalue weighted by atomic mass is 79.9. The van der Waals surface area contributed by atoms with E-state index in [1.165, 1.54) is 11.3 Å². The molecule has 1 atom stereocenters. The second-order valence-electron chi connectivity index (χ2n) is 4.90. The van der Waals surface area contributed by atoms with Gasteiger partial charge in [-0.2, -0.15) is 0 Å². The standard InChI is InChI=1S/C14H20BrNO2S/c1-2-8-18-11-4-3-7-16(9-11)10-12(17)13-5-6-14(15)19-13/h5-6,11H,2-4,7-10H2,1H3. The Balaban J connectivity index is 1.83. The molecule has 1 unspecified atom stereocenters. The van der Waals surface area contributed by atoms with E-state index in [2.05, 4.69) is 27.8 Å². The van der Waals surface area contributed by atoms with E-state index in [1.807, 2.05) is 12.1 Å². The minimum Gasteiger partial charge on any atom is -0.377 e. The van der Waals surface area contributed by atoms with Gasteiger partial charge in [-0.05, 0) is 53.9 Å². The number of piperidine rings is 1. The first-order valence-electron chi connectivity index (χ1n) is 6.81. The first-order chi connectivity index (χ1) is 9.19. The molecular formula is C14H20BrNO2S. The number of hydrogen-bond donors (Lipinski definition) is 0. The quantitative estimate of drug-likeness (QED) is 0.738. The summed E-state index contributed by atoms with van der Waals surface area (Å²) in [6, 6.07) is 3.83. The SMILES string of the molecule is CCCOC1CCCN(CC(=O)c2ccc(Br)s2)C1. The molecule has 0 saturated carbocycles. The van der Waals surface area contributed by atoms with Crippen molar-refractivity contribution >= 4 is 33.0 Å². The van der Waals surface area contributed by atoms with Crippen molar-refractivity contribution < 1.29 is 9.53 Å². The lowest BCUT2D eigenvalue weighted by atomic mass is 10.1. The van der Waals surface area contributed by atoms with Crippen molar-refractivity contribution in [2.75, 3.05) is 26.2 Å². The number of likely N-dealkylation sites (tertiary alicyclic amines) is 1. The number of ketones is 1. The van der Waals surface area contributed by atoms with E-state index in [0.29, 0.717) is 12.6 Å². The summed E-state index contributed by atoms with van der Waals surface area (Å²) in [4.78, 5) is 15.2. The van der Waals surface area contributed by atoms with Crippen LogP contribution in [0.2, 0.25) is 0 Å². The van der Waals surface area contributed by atoms with E-state index in [4.69, 9.17) is 4.74 Å². The monoisotopic (exact) mass is 345 g/mol. The van der Waals surface area contributed by atoms with Crippen LogP contribution in [0, 0.1) is 0 Å². The summed E-state index contributed by atoms with van der Waals surface area (Å²) >= 11 is 4.90. The van der Waals surface area contributed by atoms with Crippen LogP contribution in [0.15, 0.2) is 15.9 Å². The van der Waals surface area contributed by atoms with E-state index in [-0.39, 0.29) is 5.78 Å². The number of carbonyl (C=O) groups excluding carboxylic acids is 1. The molecule has 1 saturated heterocycles. The smallest absolute Gasteiger partial charge is 0.186 e. The van der Waals surface area contributed by atoms with Crippen molar-refractivity contribution in [2.45, 2.75) is 32.3 Å². The molecule has 1 aromatic heterocycles. The minimum atomic E-state index is 0.215. The molecular weight excluding hydrogens is 326 g/mol. The molecule has 2 heterocycles. The number of thiophene rings is 1. The molecule has 0 radical (unpaired) electrons. The molecule has 5 heteroatoms. The Bertz CT molecular complexity index is 421. The van der Waals surface area contributed by atoms with Gasteiger partial charge in [0.2, 0.25) is 0 Å². The molecule has 1 aliphatic heterocycles. The van der Waals surface area contributed by atoms with Gasteiger partial charge in [-0.3, -0.25) is 9.69 Å². The molecule has 1 aromatic rings. The van der Waals surface area contributed by atoms with Crippen molar-refractivity contribution in [3.63, 3.8) is 0 Å². The van der Waals surface area contributed by atoms with Gasteiger partial charge >= 0.3 is 0 Å². The van der Waals surface area contributed by atoms with Crippen LogP contribution in [0.4, 0.5) is 0 Å². The van der Waals surface area contributed by atoms with Gasteiger partial charge in [0.05, 0.1) is 21.3 Å². The van der Waals surface area contributed by atoms with E-state index in [9.17, 15) is 4.79 Å². The van der Waals surface area contributed by atoms with Gasteiger partial charge in [0.15, 0.2) is 5.78 Å². The van der Waals surface area contributed by atoms with Gasteiger partial charge in [-0.1, -0.05) is 6.92 Å². The number of rotatable bonds is 6. The Morgan fingerprint density at radius 1 is 1.58 bits per heavy atom. The maximum Gasteiger partial charge on any atom is 0.186 e. The Labute approximate surface area is 127 Å². The Kier molecular flexibility index (Phi) is 6.01. The van der Waals surface area contributed by atoms with Gasteiger partial charge in [0, 0.05) is 13.2 Å². The van der Waals surface area contributed by atoms with Crippen LogP contribution < -0.4 is 0 Å². The summed E-state index contributed by atoms with van der Waals surface area (Å²) in [7, 11) is 0. The fraction of sp³-hybridized carbons (Fsp3) is 0.643. The predicted molar refractivity (Wildman–Crippen MR) is 82.1 cm³/mol. The predicted octanol–water partition coefficient (Wildman–Crippen LogP) is 3.58. The number of nitrogens with zero attached hydrogens (tertiary/aromatic N) is 1. The highest BCUT2D eigenvalue weighted by molar-refractivity contribution is 9.11. The zero-order valence-electron chi connectivity index (χ0n) is 11.2. The molecule has 0 spiro atoms. The number of Topliss-reactive ketones (excluding diaryl/α,β-unsaturated/α-hetero) is 1. The molecule has 0 aliphatic carbocycles. The van der Waals surface area contributed by atoms with Crippen molar-refractivity contribution in [1.29, 1.82) is 0 Å². The summed E-state index contributed by atoms with van der Waals surface area (Å²) < 4.78 is 6.81. The molecule has 0 N–H and O–H groups in total. The number of hydrogen-bond acceptors (Lipinski definition) is 4. The number of carbonyl (C=O) groups is 1. The third-order valence-electron chi connectivity index (χ3n) is 3.24. The third kappa shape index (κ3) is 4.67. The molecule has 1 fully saturated rings. The fourth-order valence-electron chi connectivity index (χ4n) is 2.32. The Hall–Kier alpha value is -0.230. The summed E-state index contributed by atoms with van der Waals surface area (Å²) in [5.74, 6) is 0.215. The topological polar surface area (TPSA) is 29.5 Å². The zero-order chi connectivity index (χ0) is 13.7. The molecule has 3 nitrogen and oxygen atoms in total. The van der Waals surface area contributed by atoms with Crippen molar-refractivity contribution in [3.8, 4) is 0 Å². The van der Waals surface area contributed by atoms with Crippen LogP contribution in [-0.4, -0.2) is 43.0 Å². The van der Waals surface area contributed by atoms with E-state index in [0.717, 1.165) is 47.6 Å². The van der Waals surface area contributed by atoms with E-state index >= 15 is 0 Å². The van der Waals surface area contributed by atoms with Crippen LogP contribution in [0.25, 0.3) is 0 Å². The molecule has 2 rings (SSSR count). The molecule has 19 heavy (non-hydrogen) atoms. The van der Waals surface area contributed by atoms with Crippen molar-refractivity contribution in [1.82, 2.24) is 4.90 Å². The maximum atomic E-state index is 12.2. The summed E-state index contributed by atoms with van der Waals surface area (Å²) in [5.41, 5.74) is 0. The lowest BCUT2D eigenvalue weighted by molar-refractivity contribution is 0.00134. The molecule has 0 aromatic carbocycles. The summed E-state index contributed by atoms with van der Waals surface area (Å²) in [5, 5.41) is 0. The summed E-state index contributed by atoms with van der Waals surface area (Å²) in [6.45, 7) is 5.35. The fourth-order valence-corrected chi connectivity index (χ4v) is 3.64. The third-order valence-corrected chi connectivity index (χ3v) is 4.90. The molecule has 0 bridgehead atoms. The first kappa shape index (κ1) is 15.2. The minimum absolute atomic E-state index is 0.215. The highest BCUT2D eigenvalue weighted by Crippen LogP contribution is 2.23. The second kappa shape index (κ2) is 7.53. The zero-order valence-corrected chi connectivity index (χ0v) is 13.6. The van der Waals surface area contributed by atoms with Gasteiger partial charge in [0.25, 0.3) is 0 Å².